The molecule has 0 amide bonds. The topological polar surface area (TPSA) is 82.4 Å². The van der Waals surface area contributed by atoms with Crippen LogP contribution in [0.25, 0.3) is 0 Å². The fourth-order valence-corrected chi connectivity index (χ4v) is 4.42. The van der Waals surface area contributed by atoms with Gasteiger partial charge in [-0.15, -0.1) is 0 Å². The highest BCUT2D eigenvalue weighted by Crippen LogP contribution is 2.48. The molecule has 1 spiro atoms. The summed E-state index contributed by atoms with van der Waals surface area (Å²) in [7, 11) is 0. The third-order valence-corrected chi connectivity index (χ3v) is 5.84. The number of piperidine rings is 1. The molecule has 6 heteroatoms. The molecule has 1 atom stereocenters. The van der Waals surface area contributed by atoms with Gasteiger partial charge in [0, 0.05) is 35.9 Å². The molecule has 2 heterocycles. The molecule has 142 valence electrons. The second kappa shape index (κ2) is 6.82. The summed E-state index contributed by atoms with van der Waals surface area (Å²) in [5.74, 6) is -0.651. The number of β-amino-alcohol motifs (C(OH)–C–C–N with tert-alkyl or cyclic N) is 1. The van der Waals surface area contributed by atoms with Gasteiger partial charge in [0.1, 0.15) is 0 Å². The molecule has 2 saturated heterocycles. The van der Waals surface area contributed by atoms with Crippen LogP contribution in [0, 0.1) is 5.41 Å². The largest absolute Gasteiger partial charge is 0.396 e. The van der Waals surface area contributed by atoms with Crippen molar-refractivity contribution in [2.75, 3.05) is 33.0 Å². The molecule has 2 fully saturated rings. The second-order valence-corrected chi connectivity index (χ2v) is 8.93. The van der Waals surface area contributed by atoms with Crippen LogP contribution in [0.5, 0.6) is 0 Å². The number of aliphatic hydroxyl groups is 3. The van der Waals surface area contributed by atoms with Crippen LogP contribution in [0.3, 0.4) is 0 Å². The van der Waals surface area contributed by atoms with Crippen molar-refractivity contribution in [3.8, 4) is 0 Å². The summed E-state index contributed by atoms with van der Waals surface area (Å²) in [6.45, 7) is 11.8. The van der Waals surface area contributed by atoms with E-state index >= 15 is 0 Å². The van der Waals surface area contributed by atoms with Crippen molar-refractivity contribution in [1.82, 2.24) is 4.90 Å². The Bertz CT molecular complexity index is 403. The summed E-state index contributed by atoms with van der Waals surface area (Å²) in [4.78, 5) is 2.24. The Morgan fingerprint density at radius 2 is 1.50 bits per heavy atom. The van der Waals surface area contributed by atoms with E-state index in [1.807, 2.05) is 6.92 Å². The van der Waals surface area contributed by atoms with E-state index in [9.17, 15) is 15.3 Å². The highest BCUT2D eigenvalue weighted by molar-refractivity contribution is 5.05. The highest BCUT2D eigenvalue weighted by Gasteiger charge is 2.56. The maximum Gasteiger partial charge on any atom is 0.171 e. The normalized spacial score (nSPS) is 29.5. The molecule has 0 bridgehead atoms. The average Bonchev–Trinajstić information content (AvgIpc) is 2.51. The van der Waals surface area contributed by atoms with Crippen LogP contribution in [0.1, 0.15) is 53.9 Å². The van der Waals surface area contributed by atoms with E-state index < -0.39 is 11.9 Å². The minimum absolute atomic E-state index is 0.0706. The van der Waals surface area contributed by atoms with E-state index in [1.165, 1.54) is 0 Å². The minimum atomic E-state index is -0.757. The van der Waals surface area contributed by atoms with Gasteiger partial charge >= 0.3 is 0 Å². The maximum absolute atomic E-state index is 9.93. The molecule has 1 unspecified atom stereocenters. The van der Waals surface area contributed by atoms with E-state index in [0.717, 1.165) is 6.42 Å². The van der Waals surface area contributed by atoms with Gasteiger partial charge in [0.05, 0.1) is 32.5 Å². The molecule has 0 aromatic carbocycles. The van der Waals surface area contributed by atoms with Gasteiger partial charge < -0.3 is 24.8 Å². The third-order valence-electron chi connectivity index (χ3n) is 5.84. The lowest BCUT2D eigenvalue weighted by Gasteiger charge is -2.61. The van der Waals surface area contributed by atoms with Crippen molar-refractivity contribution in [3.63, 3.8) is 0 Å². The summed E-state index contributed by atoms with van der Waals surface area (Å²) in [5.41, 5.74) is -0.795. The van der Waals surface area contributed by atoms with Gasteiger partial charge in [-0.1, -0.05) is 6.92 Å². The van der Waals surface area contributed by atoms with Gasteiger partial charge in [-0.25, -0.2) is 0 Å². The fraction of sp³-hybridized carbons (Fsp3) is 1.00. The Hall–Kier alpha value is -0.240. The Balaban J connectivity index is 2.18. The smallest absolute Gasteiger partial charge is 0.171 e. The predicted octanol–water partition coefficient (Wildman–Crippen LogP) is 1.12. The zero-order valence-corrected chi connectivity index (χ0v) is 15.8. The molecule has 2 rings (SSSR count). The van der Waals surface area contributed by atoms with E-state index in [1.54, 1.807) is 0 Å². The Morgan fingerprint density at radius 1 is 1.00 bits per heavy atom. The number of aliphatic hydroxyl groups excluding tert-OH is 3. The maximum atomic E-state index is 9.93. The van der Waals surface area contributed by atoms with Crippen molar-refractivity contribution >= 4 is 0 Å². The Labute approximate surface area is 145 Å². The summed E-state index contributed by atoms with van der Waals surface area (Å²) in [6.07, 6.45) is 1.44. The summed E-state index contributed by atoms with van der Waals surface area (Å²) < 4.78 is 12.5. The summed E-state index contributed by atoms with van der Waals surface area (Å²) in [6, 6.07) is 0. The van der Waals surface area contributed by atoms with Crippen molar-refractivity contribution in [2.24, 2.45) is 5.41 Å². The van der Waals surface area contributed by atoms with E-state index in [-0.39, 0.29) is 29.7 Å². The number of rotatable bonds is 5. The van der Waals surface area contributed by atoms with E-state index in [0.29, 0.717) is 32.6 Å². The Kier molecular flexibility index (Phi) is 5.70. The molecule has 0 saturated carbocycles. The van der Waals surface area contributed by atoms with Gasteiger partial charge in [0.15, 0.2) is 5.79 Å². The lowest BCUT2D eigenvalue weighted by molar-refractivity contribution is -0.346. The van der Waals surface area contributed by atoms with Crippen LogP contribution in [0.2, 0.25) is 0 Å². The van der Waals surface area contributed by atoms with Gasteiger partial charge in [-0.05, 0) is 34.1 Å². The van der Waals surface area contributed by atoms with Gasteiger partial charge in [0.2, 0.25) is 0 Å². The number of nitrogens with zero attached hydrogens (tertiary/aromatic N) is 1. The Morgan fingerprint density at radius 3 is 1.88 bits per heavy atom. The number of hydrogen-bond acceptors (Lipinski definition) is 6. The molecule has 2 aliphatic heterocycles. The van der Waals surface area contributed by atoms with Crippen molar-refractivity contribution in [1.29, 1.82) is 0 Å². The molecule has 0 aromatic rings. The first-order valence-corrected chi connectivity index (χ1v) is 8.99. The summed E-state index contributed by atoms with van der Waals surface area (Å²) >= 11 is 0. The molecular formula is C18H35NO5. The monoisotopic (exact) mass is 345 g/mol. The van der Waals surface area contributed by atoms with Crippen LogP contribution < -0.4 is 0 Å². The first-order valence-electron chi connectivity index (χ1n) is 8.99. The predicted molar refractivity (Wildman–Crippen MR) is 91.6 cm³/mol. The SMILES string of the molecule is CCC1(CO)COC2(CC(C)(C)N(CC(O)CO)C(C)(C)C2)OC1. The zero-order valence-electron chi connectivity index (χ0n) is 15.8. The molecule has 24 heavy (non-hydrogen) atoms. The van der Waals surface area contributed by atoms with Crippen LogP contribution in [-0.2, 0) is 9.47 Å². The van der Waals surface area contributed by atoms with Crippen LogP contribution in [0.15, 0.2) is 0 Å². The van der Waals surface area contributed by atoms with Crippen LogP contribution in [-0.4, -0.2) is 76.2 Å². The fourth-order valence-electron chi connectivity index (χ4n) is 4.42. The van der Waals surface area contributed by atoms with Crippen molar-refractivity contribution in [3.05, 3.63) is 0 Å². The highest BCUT2D eigenvalue weighted by atomic mass is 16.7. The lowest BCUT2D eigenvalue weighted by Crippen LogP contribution is -2.69. The van der Waals surface area contributed by atoms with Crippen molar-refractivity contribution in [2.45, 2.75) is 76.9 Å². The molecule has 0 radical (unpaired) electrons. The van der Waals surface area contributed by atoms with Gasteiger partial charge in [-0.3, -0.25) is 4.90 Å². The minimum Gasteiger partial charge on any atom is -0.396 e. The number of ether oxygens (including phenoxy) is 2. The average molecular weight is 345 g/mol. The second-order valence-electron chi connectivity index (χ2n) is 8.93. The quantitative estimate of drug-likeness (QED) is 0.693. The lowest BCUT2D eigenvalue weighted by atomic mass is 9.74. The van der Waals surface area contributed by atoms with Crippen LogP contribution in [0.4, 0.5) is 0 Å². The summed E-state index contributed by atoms with van der Waals surface area (Å²) in [5, 5.41) is 28.8. The van der Waals surface area contributed by atoms with Gasteiger partial charge in [-0.2, -0.15) is 0 Å². The molecule has 0 aromatic heterocycles. The molecule has 2 aliphatic rings. The molecule has 6 nitrogen and oxygen atoms in total. The zero-order chi connectivity index (χ0) is 18.2. The number of likely N-dealkylation sites (tertiary alicyclic amines) is 1. The van der Waals surface area contributed by atoms with Gasteiger partial charge in [0.25, 0.3) is 0 Å². The molecule has 3 N–H and O–H groups in total. The molecule has 0 aliphatic carbocycles. The first kappa shape index (κ1) is 20.1. The van der Waals surface area contributed by atoms with Crippen LogP contribution >= 0.6 is 0 Å². The standard InChI is InChI=1S/C18H35NO5/c1-6-17(11-21)12-23-18(24-13-17)9-15(2,3)19(7-14(22)8-20)16(4,5)10-18/h14,20-22H,6-13H2,1-5H3. The van der Waals surface area contributed by atoms with E-state index in [2.05, 4.69) is 32.6 Å². The van der Waals surface area contributed by atoms with Crippen molar-refractivity contribution < 1.29 is 24.8 Å². The van der Waals surface area contributed by atoms with E-state index in [4.69, 9.17) is 9.47 Å². The molecular weight excluding hydrogens is 310 g/mol. The third kappa shape index (κ3) is 3.79. The first-order chi connectivity index (χ1) is 11.0. The number of hydrogen-bond donors (Lipinski definition) is 3.